The summed E-state index contributed by atoms with van der Waals surface area (Å²) in [5, 5.41) is 9.68. The van der Waals surface area contributed by atoms with Gasteiger partial charge in [-0.3, -0.25) is 14.7 Å². The molecule has 1 aliphatic rings. The summed E-state index contributed by atoms with van der Waals surface area (Å²) in [5.41, 5.74) is 2.07. The Kier molecular flexibility index (Phi) is 5.66. The van der Waals surface area contributed by atoms with Gasteiger partial charge in [-0.1, -0.05) is 24.6 Å². The lowest BCUT2D eigenvalue weighted by atomic mass is 9.93. The standard InChI is InChI=1S/C20H24N2O3/c1-25-17-10-8-15(9-11-17)19(14-16-6-2-4-12-21-16)22-13-5-3-7-18(22)20(23)24/h2,4,6,8-12,18-19H,3,5,7,13-14H2,1H3,(H,23,24). The summed E-state index contributed by atoms with van der Waals surface area (Å²) in [7, 11) is 1.64. The topological polar surface area (TPSA) is 62.7 Å². The van der Waals surface area contributed by atoms with Gasteiger partial charge >= 0.3 is 5.97 Å². The average Bonchev–Trinajstić information content (AvgIpc) is 2.67. The first-order valence-electron chi connectivity index (χ1n) is 8.71. The maximum absolute atomic E-state index is 11.8. The fraction of sp³-hybridized carbons (Fsp3) is 0.400. The monoisotopic (exact) mass is 340 g/mol. The van der Waals surface area contributed by atoms with Gasteiger partial charge in [-0.25, -0.2) is 0 Å². The highest BCUT2D eigenvalue weighted by atomic mass is 16.5. The number of methoxy groups -OCH3 is 1. The van der Waals surface area contributed by atoms with Crippen LogP contribution in [0.15, 0.2) is 48.7 Å². The van der Waals surface area contributed by atoms with Crippen molar-refractivity contribution in [2.24, 2.45) is 0 Å². The number of carboxylic acid groups (broad SMARTS) is 1. The second kappa shape index (κ2) is 8.12. The maximum atomic E-state index is 11.8. The smallest absolute Gasteiger partial charge is 0.320 e. The van der Waals surface area contributed by atoms with Gasteiger partial charge in [-0.05, 0) is 49.2 Å². The van der Waals surface area contributed by atoms with Crippen molar-refractivity contribution in [2.75, 3.05) is 13.7 Å². The predicted molar refractivity (Wildman–Crippen MR) is 95.7 cm³/mol. The molecular weight excluding hydrogens is 316 g/mol. The Balaban J connectivity index is 1.93. The van der Waals surface area contributed by atoms with Crippen molar-refractivity contribution in [3.8, 4) is 5.75 Å². The molecule has 2 aromatic rings. The highest BCUT2D eigenvalue weighted by Gasteiger charge is 2.34. The quantitative estimate of drug-likeness (QED) is 0.874. The molecule has 0 amide bonds. The molecule has 2 heterocycles. The van der Waals surface area contributed by atoms with Crippen LogP contribution in [0.5, 0.6) is 5.75 Å². The normalized spacial score (nSPS) is 19.3. The van der Waals surface area contributed by atoms with E-state index in [2.05, 4.69) is 9.88 Å². The van der Waals surface area contributed by atoms with Crippen LogP contribution < -0.4 is 4.74 Å². The van der Waals surface area contributed by atoms with Gasteiger partial charge in [-0.2, -0.15) is 0 Å². The Morgan fingerprint density at radius 1 is 1.28 bits per heavy atom. The minimum absolute atomic E-state index is 0.0118. The second-order valence-electron chi connectivity index (χ2n) is 6.40. The summed E-state index contributed by atoms with van der Waals surface area (Å²) in [6, 6.07) is 13.3. The van der Waals surface area contributed by atoms with E-state index in [1.165, 1.54) is 0 Å². The van der Waals surface area contributed by atoms with Crippen LogP contribution in [0.4, 0.5) is 0 Å². The summed E-state index contributed by atoms with van der Waals surface area (Å²) in [6.07, 6.45) is 5.16. The molecule has 1 fully saturated rings. The van der Waals surface area contributed by atoms with Crippen LogP contribution in [0.3, 0.4) is 0 Å². The number of benzene rings is 1. The van der Waals surface area contributed by atoms with Gasteiger partial charge in [0.05, 0.1) is 7.11 Å². The molecule has 0 saturated carbocycles. The van der Waals surface area contributed by atoms with Crippen LogP contribution >= 0.6 is 0 Å². The number of aliphatic carboxylic acids is 1. The Morgan fingerprint density at radius 3 is 2.72 bits per heavy atom. The Bertz CT molecular complexity index is 688. The molecule has 0 aliphatic carbocycles. The van der Waals surface area contributed by atoms with Gasteiger partial charge in [0.25, 0.3) is 0 Å². The minimum atomic E-state index is -0.737. The van der Waals surface area contributed by atoms with Crippen LogP contribution in [0.2, 0.25) is 0 Å². The number of hydrogen-bond donors (Lipinski definition) is 1. The number of likely N-dealkylation sites (tertiary alicyclic amines) is 1. The third kappa shape index (κ3) is 4.17. The molecule has 1 N–H and O–H groups in total. The van der Waals surface area contributed by atoms with E-state index < -0.39 is 12.0 Å². The van der Waals surface area contributed by atoms with E-state index in [-0.39, 0.29) is 6.04 Å². The molecule has 3 rings (SSSR count). The number of rotatable bonds is 6. The molecule has 5 heteroatoms. The van der Waals surface area contributed by atoms with Crippen molar-refractivity contribution in [1.82, 2.24) is 9.88 Å². The van der Waals surface area contributed by atoms with Crippen molar-refractivity contribution in [2.45, 2.75) is 37.8 Å². The summed E-state index contributed by atoms with van der Waals surface area (Å²) in [4.78, 5) is 18.3. The van der Waals surface area contributed by atoms with E-state index in [0.717, 1.165) is 36.4 Å². The van der Waals surface area contributed by atoms with Crippen molar-refractivity contribution >= 4 is 5.97 Å². The van der Waals surface area contributed by atoms with Crippen LogP contribution in [-0.4, -0.2) is 40.7 Å². The van der Waals surface area contributed by atoms with Crippen molar-refractivity contribution in [3.05, 3.63) is 59.9 Å². The molecule has 2 unspecified atom stereocenters. The van der Waals surface area contributed by atoms with E-state index in [1.54, 1.807) is 13.3 Å². The molecule has 0 bridgehead atoms. The third-order valence-corrected chi connectivity index (χ3v) is 4.86. The Morgan fingerprint density at radius 2 is 2.08 bits per heavy atom. The highest BCUT2D eigenvalue weighted by molar-refractivity contribution is 5.73. The molecule has 2 atom stereocenters. The largest absolute Gasteiger partial charge is 0.497 e. The van der Waals surface area contributed by atoms with Crippen LogP contribution in [0.1, 0.15) is 36.6 Å². The summed E-state index contributed by atoms with van der Waals surface area (Å²) < 4.78 is 5.25. The molecule has 1 aromatic heterocycles. The lowest BCUT2D eigenvalue weighted by molar-refractivity contribution is -0.146. The number of carboxylic acids is 1. The van der Waals surface area contributed by atoms with E-state index in [9.17, 15) is 9.90 Å². The summed E-state index contributed by atoms with van der Waals surface area (Å²) in [5.74, 6) is 0.0630. The number of nitrogens with zero attached hydrogens (tertiary/aromatic N) is 2. The lowest BCUT2D eigenvalue weighted by Gasteiger charge is -2.39. The SMILES string of the molecule is COc1ccc(C(Cc2ccccn2)N2CCCCC2C(=O)O)cc1. The van der Waals surface area contributed by atoms with E-state index in [0.29, 0.717) is 12.8 Å². The summed E-state index contributed by atoms with van der Waals surface area (Å²) in [6.45, 7) is 0.792. The van der Waals surface area contributed by atoms with E-state index in [1.807, 2.05) is 42.5 Å². The zero-order valence-corrected chi connectivity index (χ0v) is 14.5. The van der Waals surface area contributed by atoms with E-state index in [4.69, 9.17) is 4.74 Å². The second-order valence-corrected chi connectivity index (χ2v) is 6.40. The average molecular weight is 340 g/mol. The Hall–Kier alpha value is -2.40. The third-order valence-electron chi connectivity index (χ3n) is 4.86. The zero-order chi connectivity index (χ0) is 17.6. The number of piperidine rings is 1. The molecule has 25 heavy (non-hydrogen) atoms. The molecule has 132 valence electrons. The number of hydrogen-bond acceptors (Lipinski definition) is 4. The predicted octanol–water partition coefficient (Wildman–Crippen LogP) is 3.31. The van der Waals surface area contributed by atoms with Crippen LogP contribution in [-0.2, 0) is 11.2 Å². The fourth-order valence-electron chi connectivity index (χ4n) is 3.56. The molecule has 0 radical (unpaired) electrons. The van der Waals surface area contributed by atoms with Gasteiger partial charge in [0.2, 0.25) is 0 Å². The first-order chi connectivity index (χ1) is 12.2. The van der Waals surface area contributed by atoms with Crippen LogP contribution in [0, 0.1) is 0 Å². The lowest BCUT2D eigenvalue weighted by Crippen LogP contribution is -2.47. The first-order valence-corrected chi connectivity index (χ1v) is 8.71. The minimum Gasteiger partial charge on any atom is -0.497 e. The number of aromatic nitrogens is 1. The molecular formula is C20H24N2O3. The fourth-order valence-corrected chi connectivity index (χ4v) is 3.56. The number of ether oxygens (including phenoxy) is 1. The van der Waals surface area contributed by atoms with Crippen molar-refractivity contribution in [1.29, 1.82) is 0 Å². The number of pyridine rings is 1. The molecule has 1 aliphatic heterocycles. The molecule has 1 aromatic carbocycles. The van der Waals surface area contributed by atoms with Gasteiger partial charge in [0.1, 0.15) is 11.8 Å². The van der Waals surface area contributed by atoms with Gasteiger partial charge in [0.15, 0.2) is 0 Å². The zero-order valence-electron chi connectivity index (χ0n) is 14.5. The van der Waals surface area contributed by atoms with Gasteiger partial charge in [0, 0.05) is 24.4 Å². The molecule has 5 nitrogen and oxygen atoms in total. The maximum Gasteiger partial charge on any atom is 0.320 e. The van der Waals surface area contributed by atoms with E-state index >= 15 is 0 Å². The molecule has 1 saturated heterocycles. The van der Waals surface area contributed by atoms with Crippen molar-refractivity contribution < 1.29 is 14.6 Å². The molecule has 0 spiro atoms. The number of carbonyl (C=O) groups is 1. The van der Waals surface area contributed by atoms with Crippen LogP contribution in [0.25, 0.3) is 0 Å². The van der Waals surface area contributed by atoms with Gasteiger partial charge < -0.3 is 9.84 Å². The summed E-state index contributed by atoms with van der Waals surface area (Å²) >= 11 is 0. The van der Waals surface area contributed by atoms with Crippen molar-refractivity contribution in [3.63, 3.8) is 0 Å². The highest BCUT2D eigenvalue weighted by Crippen LogP contribution is 2.32. The van der Waals surface area contributed by atoms with Gasteiger partial charge in [-0.15, -0.1) is 0 Å². The first kappa shape index (κ1) is 17.4. The Labute approximate surface area is 148 Å².